The van der Waals surface area contributed by atoms with Gasteiger partial charge in [-0.15, -0.1) is 0 Å². The Morgan fingerprint density at radius 1 is 1.29 bits per heavy atom. The van der Waals surface area contributed by atoms with Crippen molar-refractivity contribution in [3.8, 4) is 0 Å². The third-order valence-electron chi connectivity index (χ3n) is 3.60. The summed E-state index contributed by atoms with van der Waals surface area (Å²) in [5, 5.41) is 13.6. The standard InChI is InChI=1S/C15H25NO/c1-5-15(17,6-2)11-16-13(4)14-9-7-8-12(3)10-14/h7-10,13,16-17H,5-6,11H2,1-4H3. The smallest absolute Gasteiger partial charge is 0.0766 e. The van der Waals surface area contributed by atoms with Crippen LogP contribution in [0.3, 0.4) is 0 Å². The van der Waals surface area contributed by atoms with Gasteiger partial charge in [-0.2, -0.15) is 0 Å². The summed E-state index contributed by atoms with van der Waals surface area (Å²) in [6.07, 6.45) is 1.58. The van der Waals surface area contributed by atoms with Crippen LogP contribution < -0.4 is 5.32 Å². The Hall–Kier alpha value is -0.860. The molecule has 0 saturated heterocycles. The highest BCUT2D eigenvalue weighted by atomic mass is 16.3. The molecule has 0 aromatic heterocycles. The summed E-state index contributed by atoms with van der Waals surface area (Å²) in [5.41, 5.74) is 1.98. The molecule has 1 aromatic carbocycles. The van der Waals surface area contributed by atoms with Gasteiger partial charge in [0.2, 0.25) is 0 Å². The maximum atomic E-state index is 10.2. The van der Waals surface area contributed by atoms with Crippen molar-refractivity contribution in [3.05, 3.63) is 35.4 Å². The first kappa shape index (κ1) is 14.2. The van der Waals surface area contributed by atoms with E-state index in [9.17, 15) is 5.11 Å². The molecular formula is C15H25NO. The van der Waals surface area contributed by atoms with Crippen LogP contribution in [0.25, 0.3) is 0 Å². The molecule has 2 heteroatoms. The fraction of sp³-hybridized carbons (Fsp3) is 0.600. The van der Waals surface area contributed by atoms with Crippen LogP contribution in [-0.2, 0) is 0 Å². The van der Waals surface area contributed by atoms with Gasteiger partial charge in [-0.05, 0) is 32.3 Å². The maximum Gasteiger partial charge on any atom is 0.0766 e. The molecule has 1 atom stereocenters. The number of nitrogens with one attached hydrogen (secondary N) is 1. The lowest BCUT2D eigenvalue weighted by Crippen LogP contribution is -2.40. The van der Waals surface area contributed by atoms with E-state index in [0.29, 0.717) is 6.54 Å². The Morgan fingerprint density at radius 3 is 2.47 bits per heavy atom. The molecule has 0 aliphatic heterocycles. The topological polar surface area (TPSA) is 32.3 Å². The Labute approximate surface area is 105 Å². The first-order valence-corrected chi connectivity index (χ1v) is 6.53. The van der Waals surface area contributed by atoms with Crippen molar-refractivity contribution in [3.63, 3.8) is 0 Å². The van der Waals surface area contributed by atoms with Gasteiger partial charge in [0.15, 0.2) is 0 Å². The molecule has 1 rings (SSSR count). The van der Waals surface area contributed by atoms with Crippen molar-refractivity contribution < 1.29 is 5.11 Å². The monoisotopic (exact) mass is 235 g/mol. The molecule has 0 amide bonds. The highest BCUT2D eigenvalue weighted by Crippen LogP contribution is 2.17. The number of aryl methyl sites for hydroxylation is 1. The molecule has 17 heavy (non-hydrogen) atoms. The van der Waals surface area contributed by atoms with E-state index in [1.54, 1.807) is 0 Å². The second kappa shape index (κ2) is 6.18. The number of aliphatic hydroxyl groups is 1. The average Bonchev–Trinajstić information content (AvgIpc) is 2.35. The van der Waals surface area contributed by atoms with Crippen LogP contribution in [-0.4, -0.2) is 17.3 Å². The minimum Gasteiger partial charge on any atom is -0.389 e. The van der Waals surface area contributed by atoms with Crippen molar-refractivity contribution in [1.82, 2.24) is 5.32 Å². The van der Waals surface area contributed by atoms with E-state index < -0.39 is 5.60 Å². The first-order valence-electron chi connectivity index (χ1n) is 6.53. The van der Waals surface area contributed by atoms with Crippen LogP contribution >= 0.6 is 0 Å². The van der Waals surface area contributed by atoms with Crippen molar-refractivity contribution in [2.75, 3.05) is 6.54 Å². The van der Waals surface area contributed by atoms with Gasteiger partial charge in [-0.1, -0.05) is 43.7 Å². The SMILES string of the molecule is CCC(O)(CC)CNC(C)c1cccc(C)c1. The molecule has 2 N–H and O–H groups in total. The summed E-state index contributed by atoms with van der Waals surface area (Å²) in [7, 11) is 0. The lowest BCUT2D eigenvalue weighted by Gasteiger charge is -2.27. The molecule has 0 bridgehead atoms. The number of hydrogen-bond acceptors (Lipinski definition) is 2. The van der Waals surface area contributed by atoms with E-state index in [-0.39, 0.29) is 6.04 Å². The predicted octanol–water partition coefficient (Wildman–Crippen LogP) is 3.20. The van der Waals surface area contributed by atoms with Crippen LogP contribution in [0.4, 0.5) is 0 Å². The lowest BCUT2D eigenvalue weighted by atomic mass is 9.96. The zero-order valence-corrected chi connectivity index (χ0v) is 11.5. The van der Waals surface area contributed by atoms with Crippen molar-refractivity contribution in [2.45, 2.75) is 52.2 Å². The Kier molecular flexibility index (Phi) is 5.16. The van der Waals surface area contributed by atoms with E-state index >= 15 is 0 Å². The van der Waals surface area contributed by atoms with Gasteiger partial charge in [0.1, 0.15) is 0 Å². The largest absolute Gasteiger partial charge is 0.389 e. The fourth-order valence-electron chi connectivity index (χ4n) is 1.90. The predicted molar refractivity (Wildman–Crippen MR) is 73.1 cm³/mol. The van der Waals surface area contributed by atoms with Crippen LogP contribution in [0.15, 0.2) is 24.3 Å². The van der Waals surface area contributed by atoms with Crippen molar-refractivity contribution >= 4 is 0 Å². The van der Waals surface area contributed by atoms with E-state index in [1.807, 2.05) is 13.8 Å². The summed E-state index contributed by atoms with van der Waals surface area (Å²) in [4.78, 5) is 0. The van der Waals surface area contributed by atoms with E-state index in [1.165, 1.54) is 11.1 Å². The second-order valence-corrected chi connectivity index (χ2v) is 4.95. The minimum absolute atomic E-state index is 0.277. The Bertz CT molecular complexity index is 345. The molecule has 0 aliphatic rings. The minimum atomic E-state index is -0.571. The van der Waals surface area contributed by atoms with Crippen molar-refractivity contribution in [1.29, 1.82) is 0 Å². The van der Waals surface area contributed by atoms with Crippen molar-refractivity contribution in [2.24, 2.45) is 0 Å². The van der Waals surface area contributed by atoms with Gasteiger partial charge in [-0.3, -0.25) is 0 Å². The van der Waals surface area contributed by atoms with E-state index in [4.69, 9.17) is 0 Å². The zero-order valence-electron chi connectivity index (χ0n) is 11.5. The van der Waals surface area contributed by atoms with Crippen LogP contribution in [0, 0.1) is 6.92 Å². The van der Waals surface area contributed by atoms with Gasteiger partial charge in [0.25, 0.3) is 0 Å². The Balaban J connectivity index is 2.58. The highest BCUT2D eigenvalue weighted by Gasteiger charge is 2.22. The second-order valence-electron chi connectivity index (χ2n) is 4.95. The molecule has 0 fully saturated rings. The van der Waals surface area contributed by atoms with Gasteiger partial charge < -0.3 is 10.4 Å². The highest BCUT2D eigenvalue weighted by molar-refractivity contribution is 5.24. The molecule has 0 radical (unpaired) electrons. The summed E-state index contributed by atoms with van der Waals surface area (Å²) < 4.78 is 0. The maximum absolute atomic E-state index is 10.2. The molecule has 1 unspecified atom stereocenters. The van der Waals surface area contributed by atoms with Crippen LogP contribution in [0.5, 0.6) is 0 Å². The lowest BCUT2D eigenvalue weighted by molar-refractivity contribution is 0.0303. The molecule has 2 nitrogen and oxygen atoms in total. The molecule has 0 aliphatic carbocycles. The average molecular weight is 235 g/mol. The quantitative estimate of drug-likeness (QED) is 0.793. The number of hydrogen-bond donors (Lipinski definition) is 2. The zero-order chi connectivity index (χ0) is 12.9. The van der Waals surface area contributed by atoms with Gasteiger partial charge in [0, 0.05) is 12.6 Å². The van der Waals surface area contributed by atoms with Crippen LogP contribution in [0.2, 0.25) is 0 Å². The molecule has 1 aromatic rings. The molecule has 0 spiro atoms. The molecular weight excluding hydrogens is 210 g/mol. The summed E-state index contributed by atoms with van der Waals surface area (Å²) in [6, 6.07) is 8.77. The van der Waals surface area contributed by atoms with E-state index in [2.05, 4.69) is 43.4 Å². The van der Waals surface area contributed by atoms with E-state index in [0.717, 1.165) is 12.8 Å². The number of benzene rings is 1. The third kappa shape index (κ3) is 4.14. The molecule has 0 heterocycles. The van der Waals surface area contributed by atoms with Gasteiger partial charge >= 0.3 is 0 Å². The van der Waals surface area contributed by atoms with Crippen LogP contribution in [0.1, 0.15) is 50.8 Å². The summed E-state index contributed by atoms with van der Waals surface area (Å²) in [5.74, 6) is 0. The summed E-state index contributed by atoms with van der Waals surface area (Å²) >= 11 is 0. The van der Waals surface area contributed by atoms with Gasteiger partial charge in [-0.25, -0.2) is 0 Å². The first-order chi connectivity index (χ1) is 8.00. The molecule has 96 valence electrons. The molecule has 0 saturated carbocycles. The third-order valence-corrected chi connectivity index (χ3v) is 3.60. The Morgan fingerprint density at radius 2 is 1.94 bits per heavy atom. The number of rotatable bonds is 6. The van der Waals surface area contributed by atoms with Gasteiger partial charge in [0.05, 0.1) is 5.60 Å². The summed E-state index contributed by atoms with van der Waals surface area (Å²) in [6.45, 7) is 8.95. The normalized spacial score (nSPS) is 13.7. The fourth-order valence-corrected chi connectivity index (χ4v) is 1.90.